The number of benzene rings is 2. The first-order valence-corrected chi connectivity index (χ1v) is 9.62. The third-order valence-electron chi connectivity index (χ3n) is 4.36. The molecule has 0 radical (unpaired) electrons. The monoisotopic (exact) mass is 414 g/mol. The van der Waals surface area contributed by atoms with Crippen LogP contribution in [0, 0.1) is 0 Å². The predicted octanol–water partition coefficient (Wildman–Crippen LogP) is 2.97. The third kappa shape index (κ3) is 7.83. The lowest BCUT2D eigenvalue weighted by Crippen LogP contribution is -2.40. The maximum Gasteiger partial charge on any atom is 0.407 e. The highest BCUT2D eigenvalue weighted by atomic mass is 16.5. The number of hydrogen-bond donors (Lipinski definition) is 3. The van der Waals surface area contributed by atoms with E-state index < -0.39 is 24.0 Å². The van der Waals surface area contributed by atoms with Crippen molar-refractivity contribution in [3.63, 3.8) is 0 Å². The smallest absolute Gasteiger partial charge is 0.407 e. The second-order valence-corrected chi connectivity index (χ2v) is 6.58. The highest BCUT2D eigenvalue weighted by Crippen LogP contribution is 2.12. The molecule has 0 aliphatic heterocycles. The number of hydrogen-bond acceptors (Lipinski definition) is 5. The van der Waals surface area contributed by atoms with Crippen molar-refractivity contribution < 1.29 is 29.0 Å². The van der Waals surface area contributed by atoms with Crippen LogP contribution in [0.15, 0.2) is 54.6 Å². The molecule has 0 aliphatic rings. The van der Waals surface area contributed by atoms with Gasteiger partial charge in [0, 0.05) is 12.1 Å². The van der Waals surface area contributed by atoms with E-state index in [1.54, 1.807) is 24.3 Å². The molecule has 0 bridgehead atoms. The number of carboxylic acids is 1. The van der Waals surface area contributed by atoms with E-state index >= 15 is 0 Å². The normalized spacial score (nSPS) is 11.2. The standard InChI is InChI=1S/C22H26N2O6/c1-29-18-12-10-17(11-13-18)20(25)24-19(21(26)27)9-5-6-14-23-22(28)30-15-16-7-3-2-4-8-16/h2-4,7-8,10-13,19H,5-6,9,14-15H2,1H3,(H,23,28)(H,24,25)(H,26,27)/t19-/m1/s1. The molecule has 1 atom stereocenters. The molecule has 0 saturated carbocycles. The molecule has 0 aliphatic carbocycles. The van der Waals surface area contributed by atoms with Crippen LogP contribution >= 0.6 is 0 Å². The Morgan fingerprint density at radius 2 is 1.70 bits per heavy atom. The van der Waals surface area contributed by atoms with Gasteiger partial charge in [0.25, 0.3) is 5.91 Å². The Balaban J connectivity index is 1.67. The summed E-state index contributed by atoms with van der Waals surface area (Å²) in [6.07, 6.45) is 0.792. The van der Waals surface area contributed by atoms with Gasteiger partial charge < -0.3 is 25.2 Å². The zero-order chi connectivity index (χ0) is 21.8. The van der Waals surface area contributed by atoms with Crippen molar-refractivity contribution >= 4 is 18.0 Å². The summed E-state index contributed by atoms with van der Waals surface area (Å²) in [7, 11) is 1.52. The molecule has 0 heterocycles. The van der Waals surface area contributed by atoms with Gasteiger partial charge in [-0.25, -0.2) is 9.59 Å². The second-order valence-electron chi connectivity index (χ2n) is 6.58. The molecule has 0 saturated heterocycles. The zero-order valence-electron chi connectivity index (χ0n) is 16.8. The van der Waals surface area contributed by atoms with Crippen LogP contribution < -0.4 is 15.4 Å². The molecule has 2 aromatic carbocycles. The summed E-state index contributed by atoms with van der Waals surface area (Å²) in [5, 5.41) is 14.5. The van der Waals surface area contributed by atoms with Gasteiger partial charge in [-0.05, 0) is 49.1 Å². The van der Waals surface area contributed by atoms with Gasteiger partial charge in [-0.15, -0.1) is 0 Å². The minimum Gasteiger partial charge on any atom is -0.497 e. The molecular weight excluding hydrogens is 388 g/mol. The average Bonchev–Trinajstić information content (AvgIpc) is 2.77. The van der Waals surface area contributed by atoms with Crippen LogP contribution in [-0.2, 0) is 16.1 Å². The van der Waals surface area contributed by atoms with Crippen molar-refractivity contribution in [3.8, 4) is 5.75 Å². The van der Waals surface area contributed by atoms with Gasteiger partial charge in [0.2, 0.25) is 0 Å². The summed E-state index contributed by atoms with van der Waals surface area (Å²) in [5.74, 6) is -0.962. The van der Waals surface area contributed by atoms with Crippen LogP contribution in [0.3, 0.4) is 0 Å². The molecule has 2 amide bonds. The third-order valence-corrected chi connectivity index (χ3v) is 4.36. The van der Waals surface area contributed by atoms with E-state index in [0.29, 0.717) is 30.7 Å². The molecule has 160 valence electrons. The maximum absolute atomic E-state index is 12.2. The topological polar surface area (TPSA) is 114 Å². The lowest BCUT2D eigenvalue weighted by molar-refractivity contribution is -0.139. The lowest BCUT2D eigenvalue weighted by atomic mass is 10.1. The van der Waals surface area contributed by atoms with E-state index in [1.165, 1.54) is 7.11 Å². The second kappa shape index (κ2) is 12.1. The molecule has 8 nitrogen and oxygen atoms in total. The SMILES string of the molecule is COc1ccc(C(=O)N[C@H](CCCCNC(=O)OCc2ccccc2)C(=O)O)cc1. The molecule has 0 aromatic heterocycles. The number of methoxy groups -OCH3 is 1. The number of ether oxygens (including phenoxy) is 2. The Labute approximate surface area is 175 Å². The van der Waals surface area contributed by atoms with E-state index in [1.807, 2.05) is 30.3 Å². The minimum atomic E-state index is -1.10. The highest BCUT2D eigenvalue weighted by molar-refractivity contribution is 5.96. The Hall–Kier alpha value is -3.55. The fourth-order valence-electron chi connectivity index (χ4n) is 2.68. The molecule has 3 N–H and O–H groups in total. The van der Waals surface area contributed by atoms with Gasteiger partial charge in [0.1, 0.15) is 18.4 Å². The molecule has 8 heteroatoms. The number of alkyl carbamates (subject to hydrolysis) is 1. The quantitative estimate of drug-likeness (QED) is 0.487. The number of carbonyl (C=O) groups excluding carboxylic acids is 2. The maximum atomic E-state index is 12.2. The molecular formula is C22H26N2O6. The Bertz CT molecular complexity index is 823. The number of amides is 2. The Kier molecular flexibility index (Phi) is 9.18. The molecule has 2 rings (SSSR count). The number of carboxylic acid groups (broad SMARTS) is 1. The number of aliphatic carboxylic acids is 1. The van der Waals surface area contributed by atoms with Crippen LogP contribution in [0.2, 0.25) is 0 Å². The number of unbranched alkanes of at least 4 members (excludes halogenated alkanes) is 1. The summed E-state index contributed by atoms with van der Waals surface area (Å²) >= 11 is 0. The first-order valence-electron chi connectivity index (χ1n) is 9.62. The van der Waals surface area contributed by atoms with Gasteiger partial charge in [-0.3, -0.25) is 4.79 Å². The van der Waals surface area contributed by atoms with Gasteiger partial charge in [0.05, 0.1) is 7.11 Å². The van der Waals surface area contributed by atoms with Crippen LogP contribution in [0.1, 0.15) is 35.2 Å². The van der Waals surface area contributed by atoms with Crippen molar-refractivity contribution in [3.05, 3.63) is 65.7 Å². The lowest BCUT2D eigenvalue weighted by Gasteiger charge is -2.15. The Morgan fingerprint density at radius 3 is 2.33 bits per heavy atom. The largest absolute Gasteiger partial charge is 0.497 e. The molecule has 30 heavy (non-hydrogen) atoms. The van der Waals surface area contributed by atoms with Gasteiger partial charge in [-0.2, -0.15) is 0 Å². The van der Waals surface area contributed by atoms with Crippen molar-refractivity contribution in [1.82, 2.24) is 10.6 Å². The van der Waals surface area contributed by atoms with Crippen molar-refractivity contribution in [2.75, 3.05) is 13.7 Å². The van der Waals surface area contributed by atoms with Crippen LogP contribution in [-0.4, -0.2) is 42.8 Å². The minimum absolute atomic E-state index is 0.186. The average molecular weight is 414 g/mol. The fraction of sp³-hybridized carbons (Fsp3) is 0.318. The van der Waals surface area contributed by atoms with E-state index in [4.69, 9.17) is 9.47 Å². The van der Waals surface area contributed by atoms with E-state index in [2.05, 4.69) is 10.6 Å². The number of carbonyl (C=O) groups is 3. The van der Waals surface area contributed by atoms with E-state index in [9.17, 15) is 19.5 Å². The molecule has 0 spiro atoms. The van der Waals surface area contributed by atoms with Crippen molar-refractivity contribution in [2.24, 2.45) is 0 Å². The van der Waals surface area contributed by atoms with Crippen molar-refractivity contribution in [1.29, 1.82) is 0 Å². The zero-order valence-corrected chi connectivity index (χ0v) is 16.8. The first kappa shape index (κ1) is 22.7. The number of rotatable bonds is 11. The summed E-state index contributed by atoms with van der Waals surface area (Å²) in [4.78, 5) is 35.3. The summed E-state index contributed by atoms with van der Waals surface area (Å²) in [6, 6.07) is 14.7. The summed E-state index contributed by atoms with van der Waals surface area (Å²) in [6.45, 7) is 0.539. The fourth-order valence-corrected chi connectivity index (χ4v) is 2.68. The van der Waals surface area contributed by atoms with Gasteiger partial charge >= 0.3 is 12.1 Å². The van der Waals surface area contributed by atoms with Gasteiger partial charge in [0.15, 0.2) is 0 Å². The first-order chi connectivity index (χ1) is 14.5. The number of nitrogens with one attached hydrogen (secondary N) is 2. The van der Waals surface area contributed by atoms with Crippen LogP contribution in [0.25, 0.3) is 0 Å². The van der Waals surface area contributed by atoms with Crippen LogP contribution in [0.4, 0.5) is 4.79 Å². The molecule has 0 fully saturated rings. The van der Waals surface area contributed by atoms with Crippen LogP contribution in [0.5, 0.6) is 5.75 Å². The van der Waals surface area contributed by atoms with Crippen molar-refractivity contribution in [2.45, 2.75) is 31.9 Å². The van der Waals surface area contributed by atoms with E-state index in [-0.39, 0.29) is 13.0 Å². The Morgan fingerprint density at radius 1 is 1.00 bits per heavy atom. The molecule has 2 aromatic rings. The summed E-state index contributed by atoms with van der Waals surface area (Å²) < 4.78 is 10.1. The molecule has 0 unspecified atom stereocenters. The highest BCUT2D eigenvalue weighted by Gasteiger charge is 2.20. The summed E-state index contributed by atoms with van der Waals surface area (Å²) in [5.41, 5.74) is 1.24. The predicted molar refractivity (Wildman–Crippen MR) is 110 cm³/mol. The van der Waals surface area contributed by atoms with Gasteiger partial charge in [-0.1, -0.05) is 30.3 Å². The van der Waals surface area contributed by atoms with E-state index in [0.717, 1.165) is 5.56 Å².